The Morgan fingerprint density at radius 2 is 1.88 bits per heavy atom. The maximum atomic E-state index is 12.3. The molecule has 7 heteroatoms. The lowest BCUT2D eigenvalue weighted by atomic mass is 9.87. The SMILES string of the molecule is CC(=O)OC(C(C)=O)N1C(=O)CC[C@@]1(Cc1ccccc1)C(=O)O. The van der Waals surface area contributed by atoms with Gasteiger partial charge in [0.05, 0.1) is 0 Å². The van der Waals surface area contributed by atoms with Crippen molar-refractivity contribution in [1.82, 2.24) is 4.90 Å². The van der Waals surface area contributed by atoms with Gasteiger partial charge in [0.2, 0.25) is 12.1 Å². The average Bonchev–Trinajstić information content (AvgIpc) is 2.83. The van der Waals surface area contributed by atoms with E-state index in [0.29, 0.717) is 5.56 Å². The van der Waals surface area contributed by atoms with Crippen molar-refractivity contribution in [3.63, 3.8) is 0 Å². The normalized spacial score (nSPS) is 21.4. The third-order valence-corrected chi connectivity index (χ3v) is 4.08. The van der Waals surface area contributed by atoms with Gasteiger partial charge in [-0.1, -0.05) is 30.3 Å². The Morgan fingerprint density at radius 1 is 1.25 bits per heavy atom. The highest BCUT2D eigenvalue weighted by molar-refractivity contribution is 5.95. The largest absolute Gasteiger partial charge is 0.479 e. The fourth-order valence-corrected chi connectivity index (χ4v) is 3.02. The van der Waals surface area contributed by atoms with Gasteiger partial charge < -0.3 is 9.84 Å². The number of likely N-dealkylation sites (tertiary alicyclic amines) is 1. The number of Topliss-reactive ketones (excluding diaryl/α,β-unsaturated/α-hetero) is 1. The number of benzene rings is 1. The first-order valence-corrected chi connectivity index (χ1v) is 7.55. The molecule has 1 N–H and O–H groups in total. The zero-order valence-corrected chi connectivity index (χ0v) is 13.5. The second kappa shape index (κ2) is 6.82. The monoisotopic (exact) mass is 333 g/mol. The summed E-state index contributed by atoms with van der Waals surface area (Å²) in [6.45, 7) is 2.27. The lowest BCUT2D eigenvalue weighted by molar-refractivity contribution is -0.180. The molecule has 1 saturated heterocycles. The molecule has 0 spiro atoms. The minimum Gasteiger partial charge on any atom is -0.479 e. The molecule has 1 aromatic rings. The van der Waals surface area contributed by atoms with Crippen molar-refractivity contribution < 1.29 is 29.0 Å². The first-order chi connectivity index (χ1) is 11.3. The number of amides is 1. The number of hydrogen-bond acceptors (Lipinski definition) is 5. The molecular weight excluding hydrogens is 314 g/mol. The van der Waals surface area contributed by atoms with Gasteiger partial charge in [0.1, 0.15) is 5.54 Å². The molecule has 0 bridgehead atoms. The van der Waals surface area contributed by atoms with Gasteiger partial charge in [0.25, 0.3) is 0 Å². The molecule has 1 heterocycles. The van der Waals surface area contributed by atoms with Crippen LogP contribution in [0.5, 0.6) is 0 Å². The predicted molar refractivity (Wildman–Crippen MR) is 82.8 cm³/mol. The molecule has 0 aliphatic carbocycles. The van der Waals surface area contributed by atoms with Crippen LogP contribution >= 0.6 is 0 Å². The summed E-state index contributed by atoms with van der Waals surface area (Å²) in [5.41, 5.74) is -0.908. The minimum absolute atomic E-state index is 0.0236. The van der Waals surface area contributed by atoms with Crippen molar-refractivity contribution >= 4 is 23.6 Å². The van der Waals surface area contributed by atoms with Crippen molar-refractivity contribution in [2.45, 2.75) is 44.9 Å². The molecule has 24 heavy (non-hydrogen) atoms. The summed E-state index contributed by atoms with van der Waals surface area (Å²) in [6, 6.07) is 8.83. The van der Waals surface area contributed by atoms with E-state index in [1.165, 1.54) is 0 Å². The molecule has 2 rings (SSSR count). The average molecular weight is 333 g/mol. The number of carbonyl (C=O) groups excluding carboxylic acids is 3. The number of rotatable bonds is 6. The van der Waals surface area contributed by atoms with Crippen LogP contribution < -0.4 is 0 Å². The van der Waals surface area contributed by atoms with Crippen LogP contribution in [0.3, 0.4) is 0 Å². The molecule has 1 aromatic carbocycles. The van der Waals surface area contributed by atoms with Gasteiger partial charge in [-0.15, -0.1) is 0 Å². The van der Waals surface area contributed by atoms with E-state index in [2.05, 4.69) is 0 Å². The van der Waals surface area contributed by atoms with Crippen LogP contribution in [-0.4, -0.2) is 45.4 Å². The third-order valence-electron chi connectivity index (χ3n) is 4.08. The van der Waals surface area contributed by atoms with E-state index >= 15 is 0 Å². The van der Waals surface area contributed by atoms with Gasteiger partial charge in [-0.25, -0.2) is 4.79 Å². The van der Waals surface area contributed by atoms with E-state index in [0.717, 1.165) is 18.7 Å². The lowest BCUT2D eigenvalue weighted by Gasteiger charge is -2.38. The molecule has 0 saturated carbocycles. The number of carboxylic acid groups (broad SMARTS) is 1. The number of ether oxygens (including phenoxy) is 1. The van der Waals surface area contributed by atoms with Gasteiger partial charge in [0, 0.05) is 26.7 Å². The molecule has 0 radical (unpaired) electrons. The van der Waals surface area contributed by atoms with Gasteiger partial charge in [-0.2, -0.15) is 0 Å². The first-order valence-electron chi connectivity index (χ1n) is 7.55. The second-order valence-corrected chi connectivity index (χ2v) is 5.84. The number of ketones is 1. The van der Waals surface area contributed by atoms with Crippen LogP contribution in [-0.2, 0) is 30.3 Å². The van der Waals surface area contributed by atoms with E-state index in [1.807, 2.05) is 0 Å². The van der Waals surface area contributed by atoms with Gasteiger partial charge >= 0.3 is 11.9 Å². The van der Waals surface area contributed by atoms with Crippen LogP contribution in [0.25, 0.3) is 0 Å². The standard InChI is InChI=1S/C17H19NO6/c1-11(19)15(24-12(2)20)18-14(21)8-9-17(18,16(22)23)10-13-6-4-3-5-7-13/h3-7,15H,8-10H2,1-2H3,(H,22,23)/t15?,17-/m1/s1. The first kappa shape index (κ1) is 17.7. The number of nitrogens with zero attached hydrogens (tertiary/aromatic N) is 1. The number of aliphatic carboxylic acids is 1. The van der Waals surface area contributed by atoms with Crippen molar-refractivity contribution in [1.29, 1.82) is 0 Å². The summed E-state index contributed by atoms with van der Waals surface area (Å²) in [4.78, 5) is 48.5. The number of carbonyl (C=O) groups is 4. The predicted octanol–water partition coefficient (Wildman–Crippen LogP) is 1.15. The van der Waals surface area contributed by atoms with Crippen molar-refractivity contribution in [2.75, 3.05) is 0 Å². The molecular formula is C17H19NO6. The van der Waals surface area contributed by atoms with Crippen LogP contribution in [0, 0.1) is 0 Å². The maximum Gasteiger partial charge on any atom is 0.330 e. The number of esters is 1. The zero-order valence-electron chi connectivity index (χ0n) is 13.5. The van der Waals surface area contributed by atoms with Crippen LogP contribution in [0.15, 0.2) is 30.3 Å². The summed E-state index contributed by atoms with van der Waals surface area (Å²) < 4.78 is 4.96. The Balaban J connectivity index is 2.47. The van der Waals surface area contributed by atoms with Crippen LogP contribution in [0.1, 0.15) is 32.3 Å². The molecule has 1 unspecified atom stereocenters. The molecule has 1 fully saturated rings. The van der Waals surface area contributed by atoms with Gasteiger partial charge in [-0.05, 0) is 12.0 Å². The number of hydrogen-bond donors (Lipinski definition) is 1. The minimum atomic E-state index is -1.62. The van der Waals surface area contributed by atoms with Gasteiger partial charge in [-0.3, -0.25) is 19.3 Å². The van der Waals surface area contributed by atoms with E-state index < -0.39 is 35.4 Å². The van der Waals surface area contributed by atoms with E-state index in [4.69, 9.17) is 4.74 Å². The molecule has 1 aliphatic rings. The Hall–Kier alpha value is -2.70. The molecule has 7 nitrogen and oxygen atoms in total. The Bertz CT molecular complexity index is 671. The van der Waals surface area contributed by atoms with Crippen LogP contribution in [0.2, 0.25) is 0 Å². The van der Waals surface area contributed by atoms with E-state index in [9.17, 15) is 24.3 Å². The second-order valence-electron chi connectivity index (χ2n) is 5.84. The van der Waals surface area contributed by atoms with Crippen molar-refractivity contribution in [2.24, 2.45) is 0 Å². The molecule has 128 valence electrons. The fraction of sp³-hybridized carbons (Fsp3) is 0.412. The van der Waals surface area contributed by atoms with Crippen molar-refractivity contribution in [3.05, 3.63) is 35.9 Å². The molecule has 1 aliphatic heterocycles. The highest BCUT2D eigenvalue weighted by Crippen LogP contribution is 2.36. The molecule has 0 aromatic heterocycles. The molecule has 2 atom stereocenters. The Kier molecular flexibility index (Phi) is 5.02. The summed E-state index contributed by atoms with van der Waals surface area (Å²) in [5.74, 6) is -3.10. The van der Waals surface area contributed by atoms with Crippen LogP contribution in [0.4, 0.5) is 0 Å². The smallest absolute Gasteiger partial charge is 0.330 e. The Labute approximate surface area is 139 Å². The molecule has 1 amide bonds. The highest BCUT2D eigenvalue weighted by Gasteiger charge is 2.55. The maximum absolute atomic E-state index is 12.3. The highest BCUT2D eigenvalue weighted by atomic mass is 16.6. The Morgan fingerprint density at radius 3 is 2.38 bits per heavy atom. The number of carboxylic acids is 1. The van der Waals surface area contributed by atoms with Crippen molar-refractivity contribution in [3.8, 4) is 0 Å². The quantitative estimate of drug-likeness (QED) is 0.784. The summed E-state index contributed by atoms with van der Waals surface area (Å²) >= 11 is 0. The van der Waals surface area contributed by atoms with E-state index in [-0.39, 0.29) is 19.3 Å². The zero-order chi connectivity index (χ0) is 17.9. The topological polar surface area (TPSA) is 101 Å². The fourth-order valence-electron chi connectivity index (χ4n) is 3.02. The van der Waals surface area contributed by atoms with E-state index in [1.54, 1.807) is 30.3 Å². The summed E-state index contributed by atoms with van der Waals surface area (Å²) in [7, 11) is 0. The lowest BCUT2D eigenvalue weighted by Crippen LogP contribution is -2.60. The van der Waals surface area contributed by atoms with Gasteiger partial charge in [0.15, 0.2) is 5.78 Å². The third kappa shape index (κ3) is 3.29. The summed E-state index contributed by atoms with van der Waals surface area (Å²) in [5, 5.41) is 9.83. The summed E-state index contributed by atoms with van der Waals surface area (Å²) in [6.07, 6.45) is -1.48.